The number of piperazine rings is 1. The molecule has 1 aromatic carbocycles. The first-order valence-corrected chi connectivity index (χ1v) is 9.07. The lowest BCUT2D eigenvalue weighted by Crippen LogP contribution is -2.53. The number of halogens is 3. The molecule has 1 aliphatic rings. The quantitative estimate of drug-likeness (QED) is 0.840. The molecule has 1 fully saturated rings. The number of aromatic nitrogens is 3. The highest BCUT2D eigenvalue weighted by Crippen LogP contribution is 2.28. The van der Waals surface area contributed by atoms with E-state index in [1.54, 1.807) is 41.2 Å². The van der Waals surface area contributed by atoms with Gasteiger partial charge in [-0.15, -0.1) is 10.2 Å². The van der Waals surface area contributed by atoms with Crippen molar-refractivity contribution in [1.29, 1.82) is 0 Å². The number of aryl methyl sites for hydroxylation is 1. The van der Waals surface area contributed by atoms with E-state index in [0.717, 1.165) is 0 Å². The van der Waals surface area contributed by atoms with Gasteiger partial charge in [-0.05, 0) is 12.0 Å². The molecule has 1 aliphatic heterocycles. The standard InChI is InChI=1S/C18H23F3N6O/c1-25-13-23-24-16(25)26-7-9-27(10-8-26)17(28)22-12-15(18(19,20)21)11-14-5-3-2-4-6-14/h2-6,13,15H,7-12H2,1H3,(H,22,28). The number of urea groups is 1. The Morgan fingerprint density at radius 1 is 1.18 bits per heavy atom. The lowest BCUT2D eigenvalue weighted by atomic mass is 9.99. The Hall–Kier alpha value is -2.78. The van der Waals surface area contributed by atoms with Crippen LogP contribution in [0.5, 0.6) is 0 Å². The largest absolute Gasteiger partial charge is 0.393 e. The number of carbonyl (C=O) groups is 1. The van der Waals surface area contributed by atoms with Gasteiger partial charge in [-0.25, -0.2) is 4.79 Å². The van der Waals surface area contributed by atoms with Gasteiger partial charge < -0.3 is 19.7 Å². The normalized spacial score (nSPS) is 16.1. The van der Waals surface area contributed by atoms with Crippen LogP contribution in [0.2, 0.25) is 0 Å². The second kappa shape index (κ2) is 8.49. The Bertz CT molecular complexity index is 771. The summed E-state index contributed by atoms with van der Waals surface area (Å²) in [5, 5.41) is 10.3. The smallest absolute Gasteiger partial charge is 0.337 e. The first-order chi connectivity index (χ1) is 13.3. The van der Waals surface area contributed by atoms with E-state index >= 15 is 0 Å². The third kappa shape index (κ3) is 4.93. The Balaban J connectivity index is 1.51. The molecule has 1 saturated heterocycles. The number of nitrogens with one attached hydrogen (secondary N) is 1. The maximum atomic E-state index is 13.4. The van der Waals surface area contributed by atoms with Gasteiger partial charge in [-0.3, -0.25) is 0 Å². The van der Waals surface area contributed by atoms with E-state index < -0.39 is 24.7 Å². The number of alkyl halides is 3. The van der Waals surface area contributed by atoms with Crippen LogP contribution in [0.4, 0.5) is 23.9 Å². The van der Waals surface area contributed by atoms with Gasteiger partial charge in [0.25, 0.3) is 0 Å². The third-order valence-corrected chi connectivity index (χ3v) is 4.82. The molecule has 2 aromatic rings. The highest BCUT2D eigenvalue weighted by Gasteiger charge is 2.39. The van der Waals surface area contributed by atoms with E-state index in [4.69, 9.17) is 0 Å². The van der Waals surface area contributed by atoms with Crippen molar-refractivity contribution in [2.45, 2.75) is 12.6 Å². The minimum absolute atomic E-state index is 0.162. The molecule has 152 valence electrons. The molecule has 1 unspecified atom stereocenters. The van der Waals surface area contributed by atoms with Crippen molar-refractivity contribution >= 4 is 12.0 Å². The fourth-order valence-electron chi connectivity index (χ4n) is 3.20. The van der Waals surface area contributed by atoms with Crippen molar-refractivity contribution in [3.8, 4) is 0 Å². The van der Waals surface area contributed by atoms with Crippen LogP contribution in [0.1, 0.15) is 5.56 Å². The van der Waals surface area contributed by atoms with Gasteiger partial charge in [-0.1, -0.05) is 30.3 Å². The molecule has 0 saturated carbocycles. The summed E-state index contributed by atoms with van der Waals surface area (Å²) in [6.07, 6.45) is -2.95. The van der Waals surface area contributed by atoms with Gasteiger partial charge in [0.15, 0.2) is 0 Å². The average molecular weight is 396 g/mol. The zero-order valence-electron chi connectivity index (χ0n) is 15.6. The number of benzene rings is 1. The second-order valence-electron chi connectivity index (χ2n) is 6.83. The van der Waals surface area contributed by atoms with Crippen LogP contribution in [-0.4, -0.2) is 64.6 Å². The molecule has 10 heteroatoms. The number of carbonyl (C=O) groups excluding carboxylic acids is 1. The second-order valence-corrected chi connectivity index (χ2v) is 6.83. The number of amides is 2. The van der Waals surface area contributed by atoms with E-state index in [0.29, 0.717) is 37.7 Å². The Morgan fingerprint density at radius 3 is 2.43 bits per heavy atom. The summed E-state index contributed by atoms with van der Waals surface area (Å²) in [6, 6.07) is 8.02. The number of hydrogen-bond acceptors (Lipinski definition) is 4. The summed E-state index contributed by atoms with van der Waals surface area (Å²) < 4.78 is 41.9. The first kappa shape index (κ1) is 20.0. The minimum atomic E-state index is -4.38. The van der Waals surface area contributed by atoms with Crippen molar-refractivity contribution in [2.75, 3.05) is 37.6 Å². The van der Waals surface area contributed by atoms with Gasteiger partial charge in [0.2, 0.25) is 5.95 Å². The van der Waals surface area contributed by atoms with E-state index in [2.05, 4.69) is 15.5 Å². The van der Waals surface area contributed by atoms with Gasteiger partial charge >= 0.3 is 12.2 Å². The molecule has 0 radical (unpaired) electrons. The van der Waals surface area contributed by atoms with Gasteiger partial charge in [0.05, 0.1) is 5.92 Å². The predicted molar refractivity (Wildman–Crippen MR) is 97.9 cm³/mol. The van der Waals surface area contributed by atoms with Crippen LogP contribution in [0.25, 0.3) is 0 Å². The molecule has 1 aromatic heterocycles. The lowest BCUT2D eigenvalue weighted by molar-refractivity contribution is -0.172. The molecule has 7 nitrogen and oxygen atoms in total. The Labute approximate surface area is 161 Å². The highest BCUT2D eigenvalue weighted by molar-refractivity contribution is 5.74. The van der Waals surface area contributed by atoms with Crippen molar-refractivity contribution in [3.05, 3.63) is 42.2 Å². The fraction of sp³-hybridized carbons (Fsp3) is 0.500. The Kier molecular flexibility index (Phi) is 6.05. The molecule has 2 heterocycles. The minimum Gasteiger partial charge on any atom is -0.337 e. The van der Waals surface area contributed by atoms with E-state index in [1.165, 1.54) is 4.90 Å². The summed E-state index contributed by atoms with van der Waals surface area (Å²) in [6.45, 7) is 1.47. The Morgan fingerprint density at radius 2 is 1.86 bits per heavy atom. The summed E-state index contributed by atoms with van der Waals surface area (Å²) in [5.74, 6) is -0.918. The lowest BCUT2D eigenvalue weighted by Gasteiger charge is -2.35. The highest BCUT2D eigenvalue weighted by atomic mass is 19.4. The summed E-state index contributed by atoms with van der Waals surface area (Å²) >= 11 is 0. The predicted octanol–water partition coefficient (Wildman–Crippen LogP) is 2.07. The molecule has 3 rings (SSSR count). The molecule has 1 atom stereocenters. The van der Waals surface area contributed by atoms with Crippen LogP contribution in [0, 0.1) is 5.92 Å². The monoisotopic (exact) mass is 396 g/mol. The number of hydrogen-bond donors (Lipinski definition) is 1. The van der Waals surface area contributed by atoms with Crippen LogP contribution >= 0.6 is 0 Å². The van der Waals surface area contributed by atoms with Crippen LogP contribution in [0.3, 0.4) is 0 Å². The maximum Gasteiger partial charge on any atom is 0.393 e. The molecule has 0 aliphatic carbocycles. The SMILES string of the molecule is Cn1cnnc1N1CCN(C(=O)NCC(Cc2ccccc2)C(F)(F)F)CC1. The topological polar surface area (TPSA) is 66.3 Å². The van der Waals surface area contributed by atoms with Gasteiger partial charge in [-0.2, -0.15) is 13.2 Å². The van der Waals surface area contributed by atoms with Gasteiger partial charge in [0.1, 0.15) is 6.33 Å². The number of rotatable bonds is 5. The first-order valence-electron chi connectivity index (χ1n) is 9.07. The van der Waals surface area contributed by atoms with Gasteiger partial charge in [0, 0.05) is 39.8 Å². The van der Waals surface area contributed by atoms with Crippen LogP contribution in [0.15, 0.2) is 36.7 Å². The van der Waals surface area contributed by atoms with Crippen molar-refractivity contribution in [1.82, 2.24) is 25.0 Å². The van der Waals surface area contributed by atoms with E-state index in [-0.39, 0.29) is 6.42 Å². The van der Waals surface area contributed by atoms with Crippen molar-refractivity contribution in [2.24, 2.45) is 13.0 Å². The average Bonchev–Trinajstić information content (AvgIpc) is 3.11. The maximum absolute atomic E-state index is 13.4. The molecule has 0 bridgehead atoms. The molecular formula is C18H23F3N6O. The van der Waals surface area contributed by atoms with Crippen LogP contribution in [-0.2, 0) is 13.5 Å². The third-order valence-electron chi connectivity index (χ3n) is 4.82. The summed E-state index contributed by atoms with van der Waals surface area (Å²) in [7, 11) is 1.83. The molecule has 28 heavy (non-hydrogen) atoms. The summed E-state index contributed by atoms with van der Waals surface area (Å²) in [4.78, 5) is 15.9. The molecular weight excluding hydrogens is 373 g/mol. The molecule has 1 N–H and O–H groups in total. The number of anilines is 1. The fourth-order valence-corrected chi connectivity index (χ4v) is 3.20. The number of nitrogens with zero attached hydrogens (tertiary/aromatic N) is 5. The zero-order valence-corrected chi connectivity index (χ0v) is 15.6. The zero-order chi connectivity index (χ0) is 20.1. The van der Waals surface area contributed by atoms with E-state index in [9.17, 15) is 18.0 Å². The molecule has 0 spiro atoms. The molecule has 2 amide bonds. The van der Waals surface area contributed by atoms with Crippen molar-refractivity contribution < 1.29 is 18.0 Å². The van der Waals surface area contributed by atoms with Crippen molar-refractivity contribution in [3.63, 3.8) is 0 Å². The van der Waals surface area contributed by atoms with Crippen LogP contribution < -0.4 is 10.2 Å². The summed E-state index contributed by atoms with van der Waals surface area (Å²) in [5.41, 5.74) is 0.594. The van der Waals surface area contributed by atoms with E-state index in [1.807, 2.05) is 11.9 Å².